The minimum atomic E-state index is 0.343. The maximum atomic E-state index is 6.24. The highest BCUT2D eigenvalue weighted by molar-refractivity contribution is 6.30. The fourth-order valence-corrected chi connectivity index (χ4v) is 3.34. The molecular weight excluding hydrogens is 258 g/mol. The van der Waals surface area contributed by atoms with E-state index >= 15 is 0 Å². The van der Waals surface area contributed by atoms with Crippen molar-refractivity contribution >= 4 is 11.6 Å². The van der Waals surface area contributed by atoms with Gasteiger partial charge in [0.05, 0.1) is 6.10 Å². The number of ether oxygens (including phenoxy) is 1. The van der Waals surface area contributed by atoms with E-state index in [0.717, 1.165) is 47.6 Å². The number of rotatable bonds is 4. The van der Waals surface area contributed by atoms with Crippen LogP contribution in [0.4, 0.5) is 0 Å². The van der Waals surface area contributed by atoms with E-state index in [-0.39, 0.29) is 0 Å². The molecule has 0 aliphatic heterocycles. The van der Waals surface area contributed by atoms with Gasteiger partial charge in [-0.25, -0.2) is 0 Å². The van der Waals surface area contributed by atoms with Gasteiger partial charge >= 0.3 is 0 Å². The van der Waals surface area contributed by atoms with Gasteiger partial charge in [0.25, 0.3) is 0 Å². The van der Waals surface area contributed by atoms with E-state index in [9.17, 15) is 0 Å². The molecule has 1 N–H and O–H groups in total. The topological polar surface area (TPSA) is 21.3 Å². The third-order valence-electron chi connectivity index (χ3n) is 3.82. The molecule has 2 nitrogen and oxygen atoms in total. The summed E-state index contributed by atoms with van der Waals surface area (Å²) in [5.41, 5.74) is 1.14. The Labute approximate surface area is 121 Å². The van der Waals surface area contributed by atoms with Crippen LogP contribution in [0.3, 0.4) is 0 Å². The van der Waals surface area contributed by atoms with E-state index in [1.807, 2.05) is 25.2 Å². The molecule has 1 aromatic carbocycles. The predicted octanol–water partition coefficient (Wildman–Crippen LogP) is 4.26. The van der Waals surface area contributed by atoms with Crippen molar-refractivity contribution in [1.82, 2.24) is 5.32 Å². The van der Waals surface area contributed by atoms with Crippen molar-refractivity contribution in [2.24, 2.45) is 11.8 Å². The summed E-state index contributed by atoms with van der Waals surface area (Å²) >= 11 is 6.06. The van der Waals surface area contributed by atoms with Gasteiger partial charge in [-0.1, -0.05) is 25.4 Å². The summed E-state index contributed by atoms with van der Waals surface area (Å²) in [6.45, 7) is 5.43. The summed E-state index contributed by atoms with van der Waals surface area (Å²) in [4.78, 5) is 0. The Bertz CT molecular complexity index is 411. The Balaban J connectivity index is 2.09. The van der Waals surface area contributed by atoms with Crippen LogP contribution in [0.1, 0.15) is 38.7 Å². The number of hydrogen-bond donors (Lipinski definition) is 1. The van der Waals surface area contributed by atoms with Crippen molar-refractivity contribution in [3.8, 4) is 5.75 Å². The molecule has 0 heterocycles. The maximum absolute atomic E-state index is 6.24. The summed E-state index contributed by atoms with van der Waals surface area (Å²) in [6.07, 6.45) is 3.98. The van der Waals surface area contributed by atoms with Crippen LogP contribution >= 0.6 is 11.6 Å². The number of hydrogen-bond acceptors (Lipinski definition) is 2. The molecule has 2 rings (SSSR count). The molecule has 0 radical (unpaired) electrons. The van der Waals surface area contributed by atoms with Gasteiger partial charge < -0.3 is 10.1 Å². The predicted molar refractivity (Wildman–Crippen MR) is 80.8 cm³/mol. The highest BCUT2D eigenvalue weighted by Crippen LogP contribution is 2.33. The molecular formula is C16H24ClNO. The summed E-state index contributed by atoms with van der Waals surface area (Å²) in [6, 6.07) is 5.90. The third kappa shape index (κ3) is 4.12. The highest BCUT2D eigenvalue weighted by Gasteiger charge is 2.25. The van der Waals surface area contributed by atoms with Gasteiger partial charge in [0, 0.05) is 17.1 Å². The van der Waals surface area contributed by atoms with Gasteiger partial charge in [-0.3, -0.25) is 0 Å². The lowest BCUT2D eigenvalue weighted by Crippen LogP contribution is -2.29. The molecule has 0 spiro atoms. The first-order valence-corrected chi connectivity index (χ1v) is 7.56. The van der Waals surface area contributed by atoms with Crippen LogP contribution in [-0.2, 0) is 6.54 Å². The van der Waals surface area contributed by atoms with Crippen LogP contribution in [0, 0.1) is 11.8 Å². The Morgan fingerprint density at radius 2 is 1.89 bits per heavy atom. The van der Waals surface area contributed by atoms with Crippen LogP contribution in [0.15, 0.2) is 18.2 Å². The summed E-state index contributed by atoms with van der Waals surface area (Å²) < 4.78 is 6.24. The zero-order valence-electron chi connectivity index (χ0n) is 12.1. The van der Waals surface area contributed by atoms with Crippen molar-refractivity contribution < 1.29 is 4.74 Å². The monoisotopic (exact) mass is 281 g/mol. The largest absolute Gasteiger partial charge is 0.490 e. The van der Waals surface area contributed by atoms with Crippen molar-refractivity contribution in [2.75, 3.05) is 7.05 Å². The van der Waals surface area contributed by atoms with E-state index in [1.54, 1.807) is 0 Å². The number of benzene rings is 1. The van der Waals surface area contributed by atoms with Crippen LogP contribution in [0.5, 0.6) is 5.75 Å². The van der Waals surface area contributed by atoms with Crippen LogP contribution in [0.2, 0.25) is 5.02 Å². The molecule has 0 saturated heterocycles. The lowest BCUT2D eigenvalue weighted by molar-refractivity contribution is 0.1000. The number of halogens is 1. The molecule has 2 atom stereocenters. The fourth-order valence-electron chi connectivity index (χ4n) is 3.14. The van der Waals surface area contributed by atoms with Crippen molar-refractivity contribution in [2.45, 2.75) is 45.8 Å². The quantitative estimate of drug-likeness (QED) is 0.890. The van der Waals surface area contributed by atoms with Crippen molar-refractivity contribution in [3.63, 3.8) is 0 Å². The van der Waals surface area contributed by atoms with Crippen LogP contribution < -0.4 is 10.1 Å². The molecule has 2 unspecified atom stereocenters. The van der Waals surface area contributed by atoms with Crippen LogP contribution in [-0.4, -0.2) is 13.2 Å². The molecule has 106 valence electrons. The van der Waals surface area contributed by atoms with E-state index in [1.165, 1.54) is 6.42 Å². The van der Waals surface area contributed by atoms with Gasteiger partial charge in [-0.05, 0) is 56.3 Å². The van der Waals surface area contributed by atoms with Gasteiger partial charge in [0.1, 0.15) is 5.75 Å². The molecule has 1 aliphatic rings. The van der Waals surface area contributed by atoms with Crippen molar-refractivity contribution in [3.05, 3.63) is 28.8 Å². The average Bonchev–Trinajstić information content (AvgIpc) is 2.32. The first-order chi connectivity index (χ1) is 9.08. The van der Waals surface area contributed by atoms with Gasteiger partial charge in [-0.15, -0.1) is 0 Å². The lowest BCUT2D eigenvalue weighted by Gasteiger charge is -2.32. The normalized spacial score (nSPS) is 27.3. The molecule has 1 aliphatic carbocycles. The molecule has 1 aromatic rings. The Kier molecular flexibility index (Phi) is 5.12. The number of nitrogens with one attached hydrogen (secondary N) is 1. The van der Waals surface area contributed by atoms with Gasteiger partial charge in [-0.2, -0.15) is 0 Å². The molecule has 1 fully saturated rings. The zero-order chi connectivity index (χ0) is 13.8. The van der Waals surface area contributed by atoms with E-state index in [4.69, 9.17) is 16.3 Å². The SMILES string of the molecule is CNCc1cc(Cl)ccc1OC1CC(C)CC(C)C1. The van der Waals surface area contributed by atoms with Gasteiger partial charge in [0.2, 0.25) is 0 Å². The molecule has 0 amide bonds. The fraction of sp³-hybridized carbons (Fsp3) is 0.625. The second-order valence-corrected chi connectivity index (χ2v) is 6.38. The Morgan fingerprint density at radius 3 is 2.53 bits per heavy atom. The first kappa shape index (κ1) is 14.7. The van der Waals surface area contributed by atoms with E-state index in [2.05, 4.69) is 19.2 Å². The van der Waals surface area contributed by atoms with Crippen LogP contribution in [0.25, 0.3) is 0 Å². The first-order valence-electron chi connectivity index (χ1n) is 7.18. The van der Waals surface area contributed by atoms with E-state index < -0.39 is 0 Å². The Morgan fingerprint density at radius 1 is 1.21 bits per heavy atom. The molecule has 1 saturated carbocycles. The second-order valence-electron chi connectivity index (χ2n) is 5.94. The highest BCUT2D eigenvalue weighted by atomic mass is 35.5. The minimum absolute atomic E-state index is 0.343. The molecule has 3 heteroatoms. The average molecular weight is 282 g/mol. The summed E-state index contributed by atoms with van der Waals surface area (Å²) in [5.74, 6) is 2.49. The standard InChI is InChI=1S/C16H24ClNO/c1-11-6-12(2)8-15(7-11)19-16-5-4-14(17)9-13(16)10-18-3/h4-5,9,11-12,15,18H,6-8,10H2,1-3H3. The molecule has 0 bridgehead atoms. The lowest BCUT2D eigenvalue weighted by atomic mass is 9.82. The summed E-state index contributed by atoms with van der Waals surface area (Å²) in [7, 11) is 1.94. The van der Waals surface area contributed by atoms with E-state index in [0.29, 0.717) is 6.10 Å². The Hall–Kier alpha value is -0.730. The van der Waals surface area contributed by atoms with Crippen molar-refractivity contribution in [1.29, 1.82) is 0 Å². The smallest absolute Gasteiger partial charge is 0.124 e. The second kappa shape index (κ2) is 6.62. The third-order valence-corrected chi connectivity index (χ3v) is 4.05. The minimum Gasteiger partial charge on any atom is -0.490 e. The van der Waals surface area contributed by atoms with Gasteiger partial charge in [0.15, 0.2) is 0 Å². The summed E-state index contributed by atoms with van der Waals surface area (Å²) in [5, 5.41) is 3.93. The maximum Gasteiger partial charge on any atom is 0.124 e. The molecule has 0 aromatic heterocycles. The molecule has 19 heavy (non-hydrogen) atoms. The zero-order valence-corrected chi connectivity index (χ0v) is 12.8.